The van der Waals surface area contributed by atoms with Crippen LogP contribution in [0.25, 0.3) is 0 Å². The summed E-state index contributed by atoms with van der Waals surface area (Å²) < 4.78 is 5.31. The van der Waals surface area contributed by atoms with E-state index in [4.69, 9.17) is 4.74 Å². The Morgan fingerprint density at radius 2 is 2.04 bits per heavy atom. The van der Waals surface area contributed by atoms with Crippen molar-refractivity contribution in [1.82, 2.24) is 25.1 Å². The second-order valence-corrected chi connectivity index (χ2v) is 6.62. The van der Waals surface area contributed by atoms with Gasteiger partial charge in [0, 0.05) is 51.1 Å². The molecule has 0 radical (unpaired) electrons. The van der Waals surface area contributed by atoms with E-state index >= 15 is 0 Å². The molecular formula is C17H25N5O3. The fraction of sp³-hybridized carbons (Fsp3) is 0.647. The van der Waals surface area contributed by atoms with Crippen molar-refractivity contribution in [3.05, 3.63) is 17.6 Å². The number of hydrogen-bond donors (Lipinski definition) is 1. The van der Waals surface area contributed by atoms with Crippen LogP contribution in [-0.4, -0.2) is 70.9 Å². The SMILES string of the molecule is COc1ncnc2c1CN(CC(=O)NC1CCN(C(C)=O)CC1)CC2. The van der Waals surface area contributed by atoms with Crippen LogP contribution in [0, 0.1) is 0 Å². The molecule has 136 valence electrons. The second-order valence-electron chi connectivity index (χ2n) is 6.62. The molecule has 2 aliphatic heterocycles. The van der Waals surface area contributed by atoms with E-state index in [9.17, 15) is 9.59 Å². The molecule has 3 rings (SSSR count). The number of nitrogens with one attached hydrogen (secondary N) is 1. The Bertz CT molecular complexity index is 629. The average Bonchev–Trinajstić information content (AvgIpc) is 2.61. The smallest absolute Gasteiger partial charge is 0.234 e. The fourth-order valence-electron chi connectivity index (χ4n) is 3.50. The molecule has 0 spiro atoms. The molecule has 0 aromatic carbocycles. The highest BCUT2D eigenvalue weighted by molar-refractivity contribution is 5.78. The molecule has 8 nitrogen and oxygen atoms in total. The van der Waals surface area contributed by atoms with Crippen molar-refractivity contribution in [2.75, 3.05) is 33.3 Å². The van der Waals surface area contributed by atoms with E-state index in [1.165, 1.54) is 6.33 Å². The maximum Gasteiger partial charge on any atom is 0.234 e. The predicted octanol–water partition coefficient (Wildman–Crippen LogP) is -0.0296. The van der Waals surface area contributed by atoms with Gasteiger partial charge in [-0.1, -0.05) is 0 Å². The number of piperidine rings is 1. The average molecular weight is 347 g/mol. The van der Waals surface area contributed by atoms with Crippen molar-refractivity contribution >= 4 is 11.8 Å². The highest BCUT2D eigenvalue weighted by Gasteiger charge is 2.25. The van der Waals surface area contributed by atoms with Crippen molar-refractivity contribution < 1.29 is 14.3 Å². The Labute approximate surface area is 147 Å². The maximum atomic E-state index is 12.4. The van der Waals surface area contributed by atoms with E-state index in [2.05, 4.69) is 20.2 Å². The first kappa shape index (κ1) is 17.6. The summed E-state index contributed by atoms with van der Waals surface area (Å²) in [6.45, 7) is 4.78. The molecule has 1 fully saturated rings. The summed E-state index contributed by atoms with van der Waals surface area (Å²) >= 11 is 0. The number of nitrogens with zero attached hydrogens (tertiary/aromatic N) is 4. The van der Waals surface area contributed by atoms with Crippen LogP contribution >= 0.6 is 0 Å². The van der Waals surface area contributed by atoms with E-state index in [1.807, 2.05) is 4.90 Å². The normalized spacial score (nSPS) is 18.6. The summed E-state index contributed by atoms with van der Waals surface area (Å²) in [5.74, 6) is 0.722. The molecule has 0 saturated carbocycles. The van der Waals surface area contributed by atoms with E-state index in [0.29, 0.717) is 32.1 Å². The predicted molar refractivity (Wildman–Crippen MR) is 91.0 cm³/mol. The lowest BCUT2D eigenvalue weighted by molar-refractivity contribution is -0.130. The highest BCUT2D eigenvalue weighted by atomic mass is 16.5. The minimum atomic E-state index is 0.0283. The molecule has 0 aliphatic carbocycles. The number of rotatable bonds is 4. The van der Waals surface area contributed by atoms with E-state index < -0.39 is 0 Å². The van der Waals surface area contributed by atoms with Crippen LogP contribution in [0.1, 0.15) is 31.0 Å². The molecule has 0 unspecified atom stereocenters. The van der Waals surface area contributed by atoms with Crippen LogP contribution in [0.3, 0.4) is 0 Å². The first-order valence-electron chi connectivity index (χ1n) is 8.70. The van der Waals surface area contributed by atoms with Gasteiger partial charge in [0.2, 0.25) is 17.7 Å². The van der Waals surface area contributed by atoms with Crippen LogP contribution in [0.2, 0.25) is 0 Å². The number of likely N-dealkylation sites (tertiary alicyclic amines) is 1. The largest absolute Gasteiger partial charge is 0.481 e. The number of ether oxygens (including phenoxy) is 1. The third-order valence-electron chi connectivity index (χ3n) is 4.91. The van der Waals surface area contributed by atoms with Crippen molar-refractivity contribution in [2.45, 2.75) is 38.8 Å². The molecule has 1 N–H and O–H groups in total. The summed E-state index contributed by atoms with van der Waals surface area (Å²) in [6.07, 6.45) is 3.94. The Balaban J connectivity index is 1.50. The van der Waals surface area contributed by atoms with Gasteiger partial charge in [-0.05, 0) is 12.8 Å². The number of hydrogen-bond acceptors (Lipinski definition) is 6. The Morgan fingerprint density at radius 3 is 2.72 bits per heavy atom. The highest BCUT2D eigenvalue weighted by Crippen LogP contribution is 2.23. The van der Waals surface area contributed by atoms with Gasteiger partial charge in [0.25, 0.3) is 0 Å². The molecule has 8 heteroatoms. The summed E-state index contributed by atoms with van der Waals surface area (Å²) in [5, 5.41) is 3.10. The number of fused-ring (bicyclic) bond motifs is 1. The van der Waals surface area contributed by atoms with Gasteiger partial charge >= 0.3 is 0 Å². The van der Waals surface area contributed by atoms with Gasteiger partial charge in [-0.25, -0.2) is 9.97 Å². The van der Waals surface area contributed by atoms with Crippen LogP contribution in [0.4, 0.5) is 0 Å². The zero-order chi connectivity index (χ0) is 17.8. The van der Waals surface area contributed by atoms with Crippen molar-refractivity contribution in [3.8, 4) is 5.88 Å². The van der Waals surface area contributed by atoms with Crippen LogP contribution in [-0.2, 0) is 22.6 Å². The lowest BCUT2D eigenvalue weighted by Gasteiger charge is -2.33. The second kappa shape index (κ2) is 7.77. The molecule has 2 amide bonds. The topological polar surface area (TPSA) is 87.7 Å². The van der Waals surface area contributed by atoms with E-state index in [1.54, 1.807) is 14.0 Å². The first-order valence-corrected chi connectivity index (χ1v) is 8.70. The summed E-state index contributed by atoms with van der Waals surface area (Å²) in [4.78, 5) is 36.1. The van der Waals surface area contributed by atoms with Gasteiger partial charge in [-0.3, -0.25) is 14.5 Å². The first-order chi connectivity index (χ1) is 12.1. The number of methoxy groups -OCH3 is 1. The molecular weight excluding hydrogens is 322 g/mol. The summed E-state index contributed by atoms with van der Waals surface area (Å²) in [5.41, 5.74) is 1.97. The molecule has 25 heavy (non-hydrogen) atoms. The number of amides is 2. The van der Waals surface area contributed by atoms with Gasteiger partial charge in [0.15, 0.2) is 0 Å². The number of aromatic nitrogens is 2. The quantitative estimate of drug-likeness (QED) is 0.823. The van der Waals surface area contributed by atoms with Gasteiger partial charge in [0.1, 0.15) is 6.33 Å². The summed E-state index contributed by atoms with van der Waals surface area (Å²) in [6, 6.07) is 0.151. The molecule has 1 saturated heterocycles. The van der Waals surface area contributed by atoms with Crippen LogP contribution in [0.15, 0.2) is 6.33 Å². The Kier molecular flexibility index (Phi) is 5.47. The standard InChI is InChI=1S/C17H25N5O3/c1-12(23)22-7-3-13(4-8-22)20-16(24)10-21-6-5-15-14(9-21)17(25-2)19-11-18-15/h11,13H,3-10H2,1-2H3,(H,20,24). The Morgan fingerprint density at radius 1 is 1.28 bits per heavy atom. The van der Waals surface area contributed by atoms with E-state index in [0.717, 1.165) is 37.1 Å². The van der Waals surface area contributed by atoms with Gasteiger partial charge in [0.05, 0.1) is 19.3 Å². The van der Waals surface area contributed by atoms with Gasteiger partial charge < -0.3 is 15.0 Å². The Hall–Kier alpha value is -2.22. The lowest BCUT2D eigenvalue weighted by Crippen LogP contribution is -2.48. The fourth-order valence-corrected chi connectivity index (χ4v) is 3.50. The zero-order valence-corrected chi connectivity index (χ0v) is 14.8. The minimum Gasteiger partial charge on any atom is -0.481 e. The molecule has 0 atom stereocenters. The van der Waals surface area contributed by atoms with Gasteiger partial charge in [-0.2, -0.15) is 0 Å². The van der Waals surface area contributed by atoms with Crippen molar-refractivity contribution in [1.29, 1.82) is 0 Å². The van der Waals surface area contributed by atoms with Gasteiger partial charge in [-0.15, -0.1) is 0 Å². The molecule has 0 bridgehead atoms. The van der Waals surface area contributed by atoms with Crippen molar-refractivity contribution in [2.24, 2.45) is 0 Å². The molecule has 2 aliphatic rings. The minimum absolute atomic E-state index is 0.0283. The number of carbonyl (C=O) groups is 2. The lowest BCUT2D eigenvalue weighted by atomic mass is 10.0. The number of carbonyl (C=O) groups excluding carboxylic acids is 2. The molecule has 1 aromatic rings. The zero-order valence-electron chi connectivity index (χ0n) is 14.8. The van der Waals surface area contributed by atoms with Crippen molar-refractivity contribution in [3.63, 3.8) is 0 Å². The summed E-state index contributed by atoms with van der Waals surface area (Å²) in [7, 11) is 1.60. The van der Waals surface area contributed by atoms with E-state index in [-0.39, 0.29) is 17.9 Å². The maximum absolute atomic E-state index is 12.4. The monoisotopic (exact) mass is 347 g/mol. The molecule has 3 heterocycles. The third-order valence-corrected chi connectivity index (χ3v) is 4.91. The van der Waals surface area contributed by atoms with Crippen LogP contribution in [0.5, 0.6) is 5.88 Å². The third kappa shape index (κ3) is 4.25. The molecule has 1 aromatic heterocycles. The van der Waals surface area contributed by atoms with Crippen LogP contribution < -0.4 is 10.1 Å².